The number of rotatable bonds is 2. The maximum atomic E-state index is 11.2. The van der Waals surface area contributed by atoms with Crippen LogP contribution in [0.15, 0.2) is 12.1 Å². The molecule has 0 aliphatic carbocycles. The molecule has 0 saturated carbocycles. The second-order valence-electron chi connectivity index (χ2n) is 2.76. The molecule has 0 saturated heterocycles. The molecule has 0 aliphatic heterocycles. The summed E-state index contributed by atoms with van der Waals surface area (Å²) in [7, 11) is 1.23. The number of hydrogen-bond acceptors (Lipinski definition) is 3. The van der Waals surface area contributed by atoms with Crippen molar-refractivity contribution in [2.24, 2.45) is 5.73 Å². The lowest BCUT2D eigenvalue weighted by Gasteiger charge is -2.13. The molecule has 0 fully saturated rings. The molecule has 1 aromatic rings. The highest BCUT2D eigenvalue weighted by Crippen LogP contribution is 2.35. The average Bonchev–Trinajstić information content (AvgIpc) is 2.22. The Morgan fingerprint density at radius 1 is 1.31 bits per heavy atom. The van der Waals surface area contributed by atoms with Gasteiger partial charge in [-0.3, -0.25) is 4.79 Å². The van der Waals surface area contributed by atoms with Crippen LogP contribution in [0.4, 0.5) is 0 Å². The number of methoxy groups -OCH3 is 1. The van der Waals surface area contributed by atoms with Gasteiger partial charge in [-0.25, -0.2) is 0 Å². The van der Waals surface area contributed by atoms with Crippen LogP contribution in [0.5, 0.6) is 0 Å². The smallest absolute Gasteiger partial charge is 0.327 e. The van der Waals surface area contributed by atoms with E-state index >= 15 is 0 Å². The molecular formula is C9H9Cl4NO2. The van der Waals surface area contributed by atoms with Gasteiger partial charge in [0.1, 0.15) is 6.04 Å². The summed E-state index contributed by atoms with van der Waals surface area (Å²) >= 11 is 17.5. The summed E-state index contributed by atoms with van der Waals surface area (Å²) in [5, 5.41) is 0.736. The van der Waals surface area contributed by atoms with Crippen LogP contribution in [0.1, 0.15) is 11.6 Å². The molecule has 0 unspecified atom stereocenters. The molecular weight excluding hydrogens is 296 g/mol. The lowest BCUT2D eigenvalue weighted by molar-refractivity contribution is -0.142. The molecule has 2 N–H and O–H groups in total. The van der Waals surface area contributed by atoms with E-state index in [1.54, 1.807) is 0 Å². The standard InChI is InChI=1S/C9H8Cl3NO2.ClH/c1-15-9(14)8(13)6-4(10)2-3-5(11)7(6)12;/h2-3,8H,13H2,1H3;1H/t8-;/m1./s1. The van der Waals surface area contributed by atoms with Gasteiger partial charge in [0.05, 0.1) is 17.2 Å². The van der Waals surface area contributed by atoms with E-state index in [9.17, 15) is 4.79 Å². The predicted molar refractivity (Wildman–Crippen MR) is 67.7 cm³/mol. The van der Waals surface area contributed by atoms with Gasteiger partial charge in [-0.1, -0.05) is 34.8 Å². The number of carbonyl (C=O) groups excluding carboxylic acids is 1. The van der Waals surface area contributed by atoms with E-state index in [1.165, 1.54) is 19.2 Å². The van der Waals surface area contributed by atoms with Crippen molar-refractivity contribution in [3.05, 3.63) is 32.8 Å². The summed E-state index contributed by atoms with van der Waals surface area (Å²) in [5.41, 5.74) is 5.89. The van der Waals surface area contributed by atoms with Gasteiger partial charge in [0, 0.05) is 10.6 Å². The molecule has 7 heteroatoms. The Hall–Kier alpha value is -0.190. The van der Waals surface area contributed by atoms with E-state index in [1.807, 2.05) is 0 Å². The molecule has 90 valence electrons. The molecule has 1 rings (SSSR count). The lowest BCUT2D eigenvalue weighted by Crippen LogP contribution is -2.23. The fourth-order valence-corrected chi connectivity index (χ4v) is 1.84. The average molecular weight is 305 g/mol. The number of carbonyl (C=O) groups is 1. The quantitative estimate of drug-likeness (QED) is 0.674. The summed E-state index contributed by atoms with van der Waals surface area (Å²) in [5.74, 6) is -0.624. The first-order valence-corrected chi connectivity index (χ1v) is 5.09. The number of ether oxygens (including phenoxy) is 1. The first-order chi connectivity index (χ1) is 6.99. The van der Waals surface area contributed by atoms with Gasteiger partial charge < -0.3 is 10.5 Å². The molecule has 0 heterocycles. The second kappa shape index (κ2) is 6.52. The van der Waals surface area contributed by atoms with Crippen LogP contribution >= 0.6 is 47.2 Å². The van der Waals surface area contributed by atoms with Crippen LogP contribution < -0.4 is 5.73 Å². The lowest BCUT2D eigenvalue weighted by atomic mass is 10.1. The molecule has 0 aliphatic rings. The third-order valence-corrected chi connectivity index (χ3v) is 2.99. The molecule has 0 amide bonds. The highest BCUT2D eigenvalue weighted by atomic mass is 35.5. The Labute approximate surface area is 114 Å². The van der Waals surface area contributed by atoms with Gasteiger partial charge in [0.15, 0.2) is 0 Å². The normalized spacial score (nSPS) is 11.6. The summed E-state index contributed by atoms with van der Waals surface area (Å²) in [4.78, 5) is 11.2. The van der Waals surface area contributed by atoms with Gasteiger partial charge in [0.2, 0.25) is 0 Å². The van der Waals surface area contributed by atoms with Crippen molar-refractivity contribution in [3.8, 4) is 0 Å². The summed E-state index contributed by atoms with van der Waals surface area (Å²) in [6.45, 7) is 0. The van der Waals surface area contributed by atoms with Crippen LogP contribution in [-0.2, 0) is 9.53 Å². The molecule has 0 radical (unpaired) electrons. The number of nitrogens with two attached hydrogens (primary N) is 1. The second-order valence-corrected chi connectivity index (χ2v) is 3.95. The maximum absolute atomic E-state index is 11.2. The van der Waals surface area contributed by atoms with Crippen molar-refractivity contribution in [1.29, 1.82) is 0 Å². The van der Waals surface area contributed by atoms with Crippen LogP contribution in [0.3, 0.4) is 0 Å². The topological polar surface area (TPSA) is 52.3 Å². The van der Waals surface area contributed by atoms with Crippen LogP contribution in [0.2, 0.25) is 15.1 Å². The van der Waals surface area contributed by atoms with Gasteiger partial charge in [-0.05, 0) is 12.1 Å². The third-order valence-electron chi connectivity index (χ3n) is 1.85. The highest BCUT2D eigenvalue weighted by molar-refractivity contribution is 6.44. The van der Waals surface area contributed by atoms with Gasteiger partial charge >= 0.3 is 5.97 Å². The fraction of sp³-hybridized carbons (Fsp3) is 0.222. The van der Waals surface area contributed by atoms with E-state index in [0.29, 0.717) is 0 Å². The zero-order chi connectivity index (χ0) is 11.6. The minimum absolute atomic E-state index is 0. The van der Waals surface area contributed by atoms with Gasteiger partial charge in [-0.2, -0.15) is 0 Å². The molecule has 1 atom stereocenters. The van der Waals surface area contributed by atoms with Gasteiger partial charge in [-0.15, -0.1) is 12.4 Å². The predicted octanol–water partition coefficient (Wildman–Crippen LogP) is 3.24. The molecule has 0 aromatic heterocycles. The Balaban J connectivity index is 0.00000225. The fourth-order valence-electron chi connectivity index (χ4n) is 1.07. The van der Waals surface area contributed by atoms with Crippen molar-refractivity contribution >= 4 is 53.2 Å². The number of halogens is 4. The largest absolute Gasteiger partial charge is 0.468 e. The monoisotopic (exact) mass is 303 g/mol. The highest BCUT2D eigenvalue weighted by Gasteiger charge is 2.23. The summed E-state index contributed by atoms with van der Waals surface area (Å²) < 4.78 is 4.49. The first-order valence-electron chi connectivity index (χ1n) is 3.95. The Kier molecular flexibility index (Phi) is 6.44. The van der Waals surface area contributed by atoms with Crippen molar-refractivity contribution in [2.75, 3.05) is 7.11 Å². The summed E-state index contributed by atoms with van der Waals surface area (Å²) in [6, 6.07) is 2.02. The van der Waals surface area contributed by atoms with Crippen molar-refractivity contribution < 1.29 is 9.53 Å². The number of esters is 1. The van der Waals surface area contributed by atoms with E-state index in [-0.39, 0.29) is 33.0 Å². The zero-order valence-electron chi connectivity index (χ0n) is 8.17. The Morgan fingerprint density at radius 2 is 1.81 bits per heavy atom. The molecule has 16 heavy (non-hydrogen) atoms. The van der Waals surface area contributed by atoms with Crippen LogP contribution in [0.25, 0.3) is 0 Å². The SMILES string of the molecule is COC(=O)[C@H](N)c1c(Cl)ccc(Cl)c1Cl.Cl. The molecule has 1 aromatic carbocycles. The van der Waals surface area contributed by atoms with E-state index in [2.05, 4.69) is 4.74 Å². The van der Waals surface area contributed by atoms with Gasteiger partial charge in [0.25, 0.3) is 0 Å². The number of benzene rings is 1. The van der Waals surface area contributed by atoms with E-state index in [0.717, 1.165) is 0 Å². The maximum Gasteiger partial charge on any atom is 0.327 e. The molecule has 0 bridgehead atoms. The van der Waals surface area contributed by atoms with E-state index in [4.69, 9.17) is 40.5 Å². The van der Waals surface area contributed by atoms with Crippen LogP contribution in [0, 0.1) is 0 Å². The zero-order valence-corrected chi connectivity index (χ0v) is 11.3. The first kappa shape index (κ1) is 15.8. The minimum Gasteiger partial charge on any atom is -0.468 e. The molecule has 3 nitrogen and oxygen atoms in total. The summed E-state index contributed by atoms with van der Waals surface area (Å²) in [6.07, 6.45) is 0. The molecule has 0 spiro atoms. The van der Waals surface area contributed by atoms with Crippen molar-refractivity contribution in [2.45, 2.75) is 6.04 Å². The third kappa shape index (κ3) is 3.15. The van der Waals surface area contributed by atoms with Crippen molar-refractivity contribution in [1.82, 2.24) is 0 Å². The number of hydrogen-bond donors (Lipinski definition) is 1. The van der Waals surface area contributed by atoms with Crippen molar-refractivity contribution in [3.63, 3.8) is 0 Å². The minimum atomic E-state index is -1.03. The van der Waals surface area contributed by atoms with E-state index < -0.39 is 12.0 Å². The van der Waals surface area contributed by atoms with Crippen LogP contribution in [-0.4, -0.2) is 13.1 Å². The Morgan fingerprint density at radius 3 is 2.31 bits per heavy atom. The Bertz CT molecular complexity index is 397.